The van der Waals surface area contributed by atoms with E-state index in [0.29, 0.717) is 5.92 Å². The highest BCUT2D eigenvalue weighted by Crippen LogP contribution is 2.28. The topological polar surface area (TPSA) is 62.7 Å². The van der Waals surface area contributed by atoms with Gasteiger partial charge in [-0.1, -0.05) is 13.8 Å². The Kier molecular flexibility index (Phi) is 4.89. The Morgan fingerprint density at radius 3 is 2.40 bits per heavy atom. The van der Waals surface area contributed by atoms with Crippen LogP contribution in [0.3, 0.4) is 0 Å². The third kappa shape index (κ3) is 3.25. The van der Waals surface area contributed by atoms with Crippen molar-refractivity contribution in [1.29, 1.82) is 0 Å². The average molecular weight is 291 g/mol. The summed E-state index contributed by atoms with van der Waals surface area (Å²) in [7, 11) is 0. The first-order valence-electron chi connectivity index (χ1n) is 6.85. The van der Waals surface area contributed by atoms with Crippen LogP contribution in [0, 0.1) is 6.92 Å². The van der Waals surface area contributed by atoms with Crippen LogP contribution in [0.15, 0.2) is 11.8 Å². The van der Waals surface area contributed by atoms with Gasteiger partial charge in [0, 0.05) is 17.0 Å². The van der Waals surface area contributed by atoms with Gasteiger partial charge in [-0.3, -0.25) is 0 Å². The molecule has 2 N–H and O–H groups in total. The van der Waals surface area contributed by atoms with Crippen molar-refractivity contribution < 1.29 is 0 Å². The molecule has 0 bridgehead atoms. The second kappa shape index (κ2) is 6.65. The van der Waals surface area contributed by atoms with Crippen LogP contribution >= 0.6 is 11.3 Å². The molecule has 0 aromatic carbocycles. The molecule has 0 aliphatic carbocycles. The number of hydrogen-bond donors (Lipinski definition) is 2. The highest BCUT2D eigenvalue weighted by Gasteiger charge is 2.14. The van der Waals surface area contributed by atoms with Crippen LogP contribution in [-0.2, 0) is 6.54 Å². The summed E-state index contributed by atoms with van der Waals surface area (Å²) in [6.45, 7) is 10.0. The van der Waals surface area contributed by atoms with Crippen molar-refractivity contribution in [1.82, 2.24) is 15.0 Å². The van der Waals surface area contributed by atoms with Gasteiger partial charge in [-0.15, -0.1) is 11.3 Å². The Bertz CT molecular complexity index is 564. The van der Waals surface area contributed by atoms with Crippen molar-refractivity contribution in [2.45, 2.75) is 40.2 Å². The highest BCUT2D eigenvalue weighted by molar-refractivity contribution is 7.09. The lowest BCUT2D eigenvalue weighted by atomic mass is 10.0. The normalized spacial score (nSPS) is 10.8. The van der Waals surface area contributed by atoms with E-state index < -0.39 is 0 Å². The van der Waals surface area contributed by atoms with Gasteiger partial charge >= 0.3 is 0 Å². The third-order valence-electron chi connectivity index (χ3n) is 3.07. The summed E-state index contributed by atoms with van der Waals surface area (Å²) >= 11 is 1.66. The standard InChI is InChI=1S/C14H21N5S/c1-5-15-13-12(9(2)3)14(18-7-17-13)16-6-11-10(4)19-8-20-11/h7-9H,5-6H2,1-4H3,(H2,15,16,17,18). The molecule has 108 valence electrons. The molecule has 0 fully saturated rings. The van der Waals surface area contributed by atoms with E-state index in [2.05, 4.69) is 46.4 Å². The van der Waals surface area contributed by atoms with Crippen molar-refractivity contribution in [3.05, 3.63) is 28.0 Å². The van der Waals surface area contributed by atoms with E-state index in [1.165, 1.54) is 4.88 Å². The third-order valence-corrected chi connectivity index (χ3v) is 4.00. The fourth-order valence-electron chi connectivity index (χ4n) is 2.05. The largest absolute Gasteiger partial charge is 0.370 e. The van der Waals surface area contributed by atoms with E-state index >= 15 is 0 Å². The van der Waals surface area contributed by atoms with Gasteiger partial charge in [-0.25, -0.2) is 15.0 Å². The molecule has 2 aromatic heterocycles. The number of rotatable bonds is 6. The first-order chi connectivity index (χ1) is 9.63. The lowest BCUT2D eigenvalue weighted by Crippen LogP contribution is -2.11. The van der Waals surface area contributed by atoms with E-state index in [0.717, 1.165) is 36.0 Å². The summed E-state index contributed by atoms with van der Waals surface area (Å²) in [5.74, 6) is 2.18. The molecule has 0 aliphatic heterocycles. The number of hydrogen-bond acceptors (Lipinski definition) is 6. The van der Waals surface area contributed by atoms with Gasteiger partial charge in [0.15, 0.2) is 0 Å². The molecule has 20 heavy (non-hydrogen) atoms. The van der Waals surface area contributed by atoms with E-state index in [-0.39, 0.29) is 0 Å². The zero-order valence-electron chi connectivity index (χ0n) is 12.4. The zero-order valence-corrected chi connectivity index (χ0v) is 13.2. The molecule has 2 aromatic rings. The van der Waals surface area contributed by atoms with Crippen molar-refractivity contribution in [3.63, 3.8) is 0 Å². The quantitative estimate of drug-likeness (QED) is 0.854. The average Bonchev–Trinajstić information content (AvgIpc) is 2.82. The molecule has 0 atom stereocenters. The summed E-state index contributed by atoms with van der Waals surface area (Å²) in [5.41, 5.74) is 4.09. The molecule has 0 saturated heterocycles. The van der Waals surface area contributed by atoms with Gasteiger partial charge in [0.25, 0.3) is 0 Å². The number of thiazole rings is 1. The van der Waals surface area contributed by atoms with Crippen molar-refractivity contribution >= 4 is 23.0 Å². The molecule has 0 unspecified atom stereocenters. The van der Waals surface area contributed by atoms with Crippen LogP contribution in [0.25, 0.3) is 0 Å². The summed E-state index contributed by atoms with van der Waals surface area (Å²) < 4.78 is 0. The van der Waals surface area contributed by atoms with Crippen LogP contribution in [0.1, 0.15) is 42.8 Å². The number of aryl methyl sites for hydroxylation is 1. The Morgan fingerprint density at radius 2 is 1.85 bits per heavy atom. The van der Waals surface area contributed by atoms with Crippen molar-refractivity contribution in [3.8, 4) is 0 Å². The number of anilines is 2. The second-order valence-electron chi connectivity index (χ2n) is 4.88. The van der Waals surface area contributed by atoms with E-state index in [1.54, 1.807) is 17.7 Å². The molecular formula is C14H21N5S. The Labute approximate surface area is 123 Å². The number of nitrogens with one attached hydrogen (secondary N) is 2. The predicted octanol–water partition coefficient (Wildman–Crippen LogP) is 3.41. The molecule has 0 spiro atoms. The van der Waals surface area contributed by atoms with Gasteiger partial charge in [0.05, 0.1) is 17.7 Å². The molecule has 2 rings (SSSR count). The lowest BCUT2D eigenvalue weighted by Gasteiger charge is -2.17. The van der Waals surface area contributed by atoms with E-state index in [4.69, 9.17) is 0 Å². The molecule has 0 saturated carbocycles. The molecular weight excluding hydrogens is 270 g/mol. The number of nitrogens with zero attached hydrogens (tertiary/aromatic N) is 3. The highest BCUT2D eigenvalue weighted by atomic mass is 32.1. The Hall–Kier alpha value is -1.69. The maximum atomic E-state index is 4.39. The Balaban J connectivity index is 2.22. The SMILES string of the molecule is CCNc1ncnc(NCc2scnc2C)c1C(C)C. The molecule has 0 aliphatic rings. The van der Waals surface area contributed by atoms with E-state index in [1.807, 2.05) is 12.4 Å². The minimum absolute atomic E-state index is 0.357. The molecule has 6 heteroatoms. The van der Waals surface area contributed by atoms with Crippen LogP contribution in [-0.4, -0.2) is 21.5 Å². The molecule has 2 heterocycles. The van der Waals surface area contributed by atoms with Crippen molar-refractivity contribution in [2.75, 3.05) is 17.2 Å². The second-order valence-corrected chi connectivity index (χ2v) is 5.82. The van der Waals surface area contributed by atoms with Gasteiger partial charge in [0.1, 0.15) is 18.0 Å². The first kappa shape index (κ1) is 14.7. The van der Waals surface area contributed by atoms with Crippen LogP contribution < -0.4 is 10.6 Å². The number of aromatic nitrogens is 3. The van der Waals surface area contributed by atoms with Gasteiger partial charge in [-0.05, 0) is 19.8 Å². The summed E-state index contributed by atoms with van der Waals surface area (Å²) in [4.78, 5) is 14.2. The van der Waals surface area contributed by atoms with E-state index in [9.17, 15) is 0 Å². The van der Waals surface area contributed by atoms with Gasteiger partial charge < -0.3 is 10.6 Å². The maximum absolute atomic E-state index is 4.39. The zero-order chi connectivity index (χ0) is 14.5. The minimum Gasteiger partial charge on any atom is -0.370 e. The summed E-state index contributed by atoms with van der Waals surface area (Å²) in [6.07, 6.45) is 1.60. The van der Waals surface area contributed by atoms with Crippen LogP contribution in [0.5, 0.6) is 0 Å². The summed E-state index contributed by atoms with van der Waals surface area (Å²) in [6, 6.07) is 0. The van der Waals surface area contributed by atoms with Gasteiger partial charge in [0.2, 0.25) is 0 Å². The predicted molar refractivity (Wildman–Crippen MR) is 84.5 cm³/mol. The first-order valence-corrected chi connectivity index (χ1v) is 7.73. The van der Waals surface area contributed by atoms with Crippen molar-refractivity contribution in [2.24, 2.45) is 0 Å². The fourth-order valence-corrected chi connectivity index (χ4v) is 2.77. The lowest BCUT2D eigenvalue weighted by molar-refractivity contribution is 0.844. The molecule has 5 nitrogen and oxygen atoms in total. The fraction of sp³-hybridized carbons (Fsp3) is 0.500. The Morgan fingerprint density at radius 1 is 1.15 bits per heavy atom. The summed E-state index contributed by atoms with van der Waals surface area (Å²) in [5, 5.41) is 6.72. The smallest absolute Gasteiger partial charge is 0.135 e. The maximum Gasteiger partial charge on any atom is 0.135 e. The minimum atomic E-state index is 0.357. The van der Waals surface area contributed by atoms with Gasteiger partial charge in [-0.2, -0.15) is 0 Å². The van der Waals surface area contributed by atoms with Crippen LogP contribution in [0.2, 0.25) is 0 Å². The van der Waals surface area contributed by atoms with Crippen LogP contribution in [0.4, 0.5) is 11.6 Å². The molecule has 0 amide bonds. The molecule has 0 radical (unpaired) electrons. The monoisotopic (exact) mass is 291 g/mol.